The monoisotopic (exact) mass is 481 g/mol. The smallest absolute Gasteiger partial charge is 0.259 e. The molecule has 3 heterocycles. The molecular weight excluding hydrogens is 454 g/mol. The number of carbonyl (C=O) groups is 1. The Morgan fingerprint density at radius 1 is 1.24 bits per heavy atom. The number of benzene rings is 1. The Labute approximate surface area is 201 Å². The van der Waals surface area contributed by atoms with Gasteiger partial charge in [0, 0.05) is 36.7 Å². The Hall–Kier alpha value is -2.83. The number of nitrogens with one attached hydrogen (secondary N) is 1. The van der Waals surface area contributed by atoms with Gasteiger partial charge in [0.05, 0.1) is 28.0 Å². The number of aromatic nitrogens is 2. The van der Waals surface area contributed by atoms with Gasteiger partial charge in [0.25, 0.3) is 5.56 Å². The number of rotatable bonds is 5. The quantitative estimate of drug-likeness (QED) is 0.595. The third-order valence-corrected chi connectivity index (χ3v) is 8.32. The number of nitrogens with zero attached hydrogens (tertiary/aromatic N) is 4. The van der Waals surface area contributed by atoms with E-state index in [1.807, 2.05) is 49.9 Å². The summed E-state index contributed by atoms with van der Waals surface area (Å²) in [6.45, 7) is 8.90. The number of nitriles is 1. The first kappa shape index (κ1) is 23.3. The van der Waals surface area contributed by atoms with Crippen molar-refractivity contribution in [3.63, 3.8) is 0 Å². The summed E-state index contributed by atoms with van der Waals surface area (Å²) in [5.41, 5.74) is 2.61. The van der Waals surface area contributed by atoms with Crippen LogP contribution in [0, 0.1) is 25.2 Å². The summed E-state index contributed by atoms with van der Waals surface area (Å²) in [7, 11) is 0. The highest BCUT2D eigenvalue weighted by Gasteiger charge is 2.24. The van der Waals surface area contributed by atoms with Crippen LogP contribution in [-0.4, -0.2) is 52.2 Å². The van der Waals surface area contributed by atoms with Gasteiger partial charge in [0.15, 0.2) is 0 Å². The third-order valence-electron chi connectivity index (χ3n) is 6.08. The summed E-state index contributed by atoms with van der Waals surface area (Å²) in [6.07, 6.45) is 0.895. The van der Waals surface area contributed by atoms with E-state index in [1.165, 1.54) is 23.1 Å². The van der Waals surface area contributed by atoms with Crippen molar-refractivity contribution in [3.05, 3.63) is 56.4 Å². The molecule has 0 saturated carbocycles. The van der Waals surface area contributed by atoms with Crippen LogP contribution in [0.1, 0.15) is 35.2 Å². The second-order valence-electron chi connectivity index (χ2n) is 8.25. The highest BCUT2D eigenvalue weighted by Crippen LogP contribution is 2.27. The van der Waals surface area contributed by atoms with Crippen LogP contribution in [0.25, 0.3) is 10.2 Å². The summed E-state index contributed by atoms with van der Waals surface area (Å²) in [5, 5.41) is 9.44. The van der Waals surface area contributed by atoms with Gasteiger partial charge in [-0.15, -0.1) is 23.1 Å². The van der Waals surface area contributed by atoms with Crippen molar-refractivity contribution in [3.8, 4) is 6.07 Å². The molecule has 33 heavy (non-hydrogen) atoms. The number of fused-ring (bicyclic) bond motifs is 1. The molecule has 1 amide bonds. The van der Waals surface area contributed by atoms with Gasteiger partial charge in [-0.1, -0.05) is 0 Å². The van der Waals surface area contributed by atoms with Crippen LogP contribution in [0.15, 0.2) is 29.1 Å². The minimum Gasteiger partial charge on any atom is -0.370 e. The molecule has 1 atom stereocenters. The molecule has 172 valence electrons. The first-order valence-electron chi connectivity index (χ1n) is 11.0. The molecule has 1 aromatic carbocycles. The molecule has 2 aromatic heterocycles. The second-order valence-corrected chi connectivity index (χ2v) is 10.8. The number of hydrogen-bond acceptors (Lipinski definition) is 7. The standard InChI is InChI=1S/C24H27N5O2S2/c1-15-16(2)33-23-21(15)22(30)26-20(27-23)14-32-17(3)24(31)29-10-4-9-28(11-12-29)19-7-5-18(13-25)6-8-19/h5-8,17H,4,9-12,14H2,1-3H3,(H,26,27,30). The lowest BCUT2D eigenvalue weighted by molar-refractivity contribution is -0.130. The van der Waals surface area contributed by atoms with Crippen LogP contribution in [0.5, 0.6) is 0 Å². The summed E-state index contributed by atoms with van der Waals surface area (Å²) in [6, 6.07) is 9.74. The lowest BCUT2D eigenvalue weighted by Crippen LogP contribution is -2.39. The highest BCUT2D eigenvalue weighted by atomic mass is 32.2. The topological polar surface area (TPSA) is 93.1 Å². The largest absolute Gasteiger partial charge is 0.370 e. The summed E-state index contributed by atoms with van der Waals surface area (Å²) in [5.74, 6) is 1.22. The molecule has 0 radical (unpaired) electrons. The van der Waals surface area contributed by atoms with Gasteiger partial charge in [-0.05, 0) is 57.0 Å². The molecule has 1 saturated heterocycles. The van der Waals surface area contributed by atoms with Crippen molar-refractivity contribution in [1.82, 2.24) is 14.9 Å². The van der Waals surface area contributed by atoms with Crippen molar-refractivity contribution in [2.45, 2.75) is 38.2 Å². The predicted molar refractivity (Wildman–Crippen MR) is 135 cm³/mol. The maximum atomic E-state index is 13.1. The Bertz CT molecular complexity index is 1260. The van der Waals surface area contributed by atoms with Gasteiger partial charge in [0.1, 0.15) is 10.7 Å². The molecule has 0 bridgehead atoms. The van der Waals surface area contributed by atoms with Gasteiger partial charge < -0.3 is 14.8 Å². The molecule has 0 spiro atoms. The number of aromatic amines is 1. The highest BCUT2D eigenvalue weighted by molar-refractivity contribution is 7.99. The Kier molecular flexibility index (Phi) is 7.05. The van der Waals surface area contributed by atoms with Crippen LogP contribution in [0.3, 0.4) is 0 Å². The molecule has 1 unspecified atom stereocenters. The van der Waals surface area contributed by atoms with Crippen molar-refractivity contribution < 1.29 is 4.79 Å². The fourth-order valence-corrected chi connectivity index (χ4v) is 5.93. The van der Waals surface area contributed by atoms with E-state index in [1.54, 1.807) is 0 Å². The molecule has 1 aliphatic rings. The predicted octanol–water partition coefficient (Wildman–Crippen LogP) is 3.83. The SMILES string of the molecule is Cc1sc2nc(CSC(C)C(=O)N3CCCN(c4ccc(C#N)cc4)CC3)[nH]c(=O)c2c1C. The number of amides is 1. The maximum absolute atomic E-state index is 13.1. The van der Waals surface area contributed by atoms with Gasteiger partial charge >= 0.3 is 0 Å². The molecule has 1 fully saturated rings. The van der Waals surface area contributed by atoms with Crippen LogP contribution < -0.4 is 10.5 Å². The van der Waals surface area contributed by atoms with Gasteiger partial charge in [-0.3, -0.25) is 9.59 Å². The molecule has 3 aromatic rings. The summed E-state index contributed by atoms with van der Waals surface area (Å²) in [4.78, 5) is 39.2. The van der Waals surface area contributed by atoms with E-state index in [0.717, 1.165) is 47.0 Å². The minimum absolute atomic E-state index is 0.105. The zero-order chi connectivity index (χ0) is 23.5. The molecule has 4 rings (SSSR count). The van der Waals surface area contributed by atoms with Crippen LogP contribution in [0.4, 0.5) is 5.69 Å². The van der Waals surface area contributed by atoms with Crippen molar-refractivity contribution in [2.75, 3.05) is 31.1 Å². The number of H-pyrrole nitrogens is 1. The number of hydrogen-bond donors (Lipinski definition) is 1. The number of aryl methyl sites for hydroxylation is 2. The average molecular weight is 482 g/mol. The zero-order valence-corrected chi connectivity index (χ0v) is 20.7. The summed E-state index contributed by atoms with van der Waals surface area (Å²) >= 11 is 3.04. The van der Waals surface area contributed by atoms with E-state index in [0.29, 0.717) is 29.1 Å². The fourth-order valence-electron chi connectivity index (χ4n) is 4.04. The second kappa shape index (κ2) is 9.98. The van der Waals surface area contributed by atoms with E-state index in [2.05, 4.69) is 20.9 Å². The van der Waals surface area contributed by atoms with E-state index < -0.39 is 0 Å². The third kappa shape index (κ3) is 5.07. The normalized spacial score (nSPS) is 15.3. The van der Waals surface area contributed by atoms with Gasteiger partial charge in [0.2, 0.25) is 5.91 Å². The molecule has 1 aliphatic heterocycles. The Balaban J connectivity index is 1.35. The van der Waals surface area contributed by atoms with E-state index in [4.69, 9.17) is 5.26 Å². The van der Waals surface area contributed by atoms with Crippen molar-refractivity contribution in [1.29, 1.82) is 5.26 Å². The Morgan fingerprint density at radius 3 is 2.73 bits per heavy atom. The lowest BCUT2D eigenvalue weighted by atomic mass is 10.2. The molecule has 1 N–H and O–H groups in total. The average Bonchev–Trinajstić information content (AvgIpc) is 2.97. The van der Waals surface area contributed by atoms with E-state index >= 15 is 0 Å². The first-order valence-corrected chi connectivity index (χ1v) is 12.9. The minimum atomic E-state index is -0.223. The molecule has 7 nitrogen and oxygen atoms in total. The zero-order valence-electron chi connectivity index (χ0n) is 19.1. The van der Waals surface area contributed by atoms with Crippen molar-refractivity contribution in [2.24, 2.45) is 0 Å². The van der Waals surface area contributed by atoms with Gasteiger partial charge in [-0.25, -0.2) is 4.98 Å². The number of anilines is 1. The van der Waals surface area contributed by atoms with E-state index in [9.17, 15) is 9.59 Å². The number of carbonyl (C=O) groups excluding carboxylic acids is 1. The maximum Gasteiger partial charge on any atom is 0.259 e. The van der Waals surface area contributed by atoms with Crippen LogP contribution in [0.2, 0.25) is 0 Å². The van der Waals surface area contributed by atoms with Gasteiger partial charge in [-0.2, -0.15) is 5.26 Å². The molecule has 9 heteroatoms. The Morgan fingerprint density at radius 2 is 2.00 bits per heavy atom. The van der Waals surface area contributed by atoms with Crippen LogP contribution >= 0.6 is 23.1 Å². The molecular formula is C24H27N5O2S2. The van der Waals surface area contributed by atoms with E-state index in [-0.39, 0.29) is 16.7 Å². The van der Waals surface area contributed by atoms with Crippen molar-refractivity contribution >= 4 is 44.9 Å². The number of thiophene rings is 1. The first-order chi connectivity index (χ1) is 15.9. The lowest BCUT2D eigenvalue weighted by Gasteiger charge is -2.25. The molecule has 0 aliphatic carbocycles. The van der Waals surface area contributed by atoms with Crippen LogP contribution in [-0.2, 0) is 10.5 Å². The number of thioether (sulfide) groups is 1. The fraction of sp³-hybridized carbons (Fsp3) is 0.417. The summed E-state index contributed by atoms with van der Waals surface area (Å²) < 4.78 is 0.